The second-order valence-corrected chi connectivity index (χ2v) is 3.82. The zero-order valence-electron chi connectivity index (χ0n) is 9.07. The molecule has 16 heavy (non-hydrogen) atoms. The Morgan fingerprint density at radius 3 is 3.12 bits per heavy atom. The molecule has 1 aliphatic rings. The van der Waals surface area contributed by atoms with Gasteiger partial charge >= 0.3 is 0 Å². The Morgan fingerprint density at radius 2 is 2.50 bits per heavy atom. The monoisotopic (exact) mass is 244 g/mol. The summed E-state index contributed by atoms with van der Waals surface area (Å²) in [5.74, 6) is 0.444. The minimum Gasteiger partial charge on any atom is -0.461 e. The van der Waals surface area contributed by atoms with Crippen LogP contribution in [0.4, 0.5) is 0 Å². The van der Waals surface area contributed by atoms with E-state index < -0.39 is 0 Å². The van der Waals surface area contributed by atoms with E-state index in [0.29, 0.717) is 18.3 Å². The van der Waals surface area contributed by atoms with E-state index in [2.05, 4.69) is 10.6 Å². The number of hydrogen-bond donors (Lipinski definition) is 2. The molecule has 1 aromatic rings. The zero-order valence-corrected chi connectivity index (χ0v) is 9.89. The van der Waals surface area contributed by atoms with Crippen molar-refractivity contribution in [1.29, 1.82) is 0 Å². The topological polar surface area (TPSA) is 54.3 Å². The summed E-state index contributed by atoms with van der Waals surface area (Å²) in [7, 11) is 0. The summed E-state index contributed by atoms with van der Waals surface area (Å²) in [5, 5.41) is 6.51. The maximum absolute atomic E-state index is 11.5. The van der Waals surface area contributed by atoms with E-state index in [1.807, 2.05) is 0 Å². The standard InChI is InChI=1S/C11H16N2O2.ClH/c14-10(11-4-2-6-15-11)8-12-7-9-3-1-5-13-9;/h2,4,6,9,12-13H,1,3,5,7-8H2;1H. The van der Waals surface area contributed by atoms with Gasteiger partial charge in [-0.1, -0.05) is 0 Å². The molecule has 0 bridgehead atoms. The van der Waals surface area contributed by atoms with Crippen molar-refractivity contribution in [3.05, 3.63) is 24.2 Å². The fraction of sp³-hybridized carbons (Fsp3) is 0.545. The molecule has 1 aliphatic heterocycles. The van der Waals surface area contributed by atoms with E-state index in [0.717, 1.165) is 13.1 Å². The third-order valence-corrected chi connectivity index (χ3v) is 2.63. The number of Topliss-reactive ketones (excluding diaryl/α,β-unsaturated/α-hetero) is 1. The van der Waals surface area contributed by atoms with E-state index in [1.54, 1.807) is 12.1 Å². The molecule has 1 aromatic heterocycles. The number of carbonyl (C=O) groups is 1. The average Bonchev–Trinajstić information content (AvgIpc) is 2.90. The van der Waals surface area contributed by atoms with Crippen LogP contribution in [-0.4, -0.2) is 31.5 Å². The number of furan rings is 1. The minimum atomic E-state index is 0. The van der Waals surface area contributed by atoms with Gasteiger partial charge in [-0.3, -0.25) is 4.79 Å². The quantitative estimate of drug-likeness (QED) is 0.765. The van der Waals surface area contributed by atoms with Gasteiger partial charge in [0.15, 0.2) is 5.76 Å². The van der Waals surface area contributed by atoms with Gasteiger partial charge in [0, 0.05) is 12.6 Å². The van der Waals surface area contributed by atoms with Gasteiger partial charge < -0.3 is 15.1 Å². The molecule has 5 heteroatoms. The van der Waals surface area contributed by atoms with Gasteiger partial charge in [0.05, 0.1) is 12.8 Å². The molecule has 4 nitrogen and oxygen atoms in total. The SMILES string of the molecule is Cl.O=C(CNCC1CCCN1)c1ccco1. The van der Waals surface area contributed by atoms with Gasteiger partial charge in [0.25, 0.3) is 0 Å². The normalized spacial score (nSPS) is 19.4. The van der Waals surface area contributed by atoms with Crippen LogP contribution < -0.4 is 10.6 Å². The first-order valence-electron chi connectivity index (χ1n) is 5.37. The number of ketones is 1. The lowest BCUT2D eigenvalue weighted by Crippen LogP contribution is -2.36. The maximum Gasteiger partial charge on any atom is 0.211 e. The summed E-state index contributed by atoms with van der Waals surface area (Å²) < 4.78 is 5.01. The summed E-state index contributed by atoms with van der Waals surface area (Å²) in [6, 6.07) is 3.94. The van der Waals surface area contributed by atoms with Crippen LogP contribution in [0.5, 0.6) is 0 Å². The van der Waals surface area contributed by atoms with Crippen molar-refractivity contribution in [3.8, 4) is 0 Å². The van der Waals surface area contributed by atoms with Crippen molar-refractivity contribution in [2.75, 3.05) is 19.6 Å². The molecule has 1 atom stereocenters. The van der Waals surface area contributed by atoms with Crippen molar-refractivity contribution < 1.29 is 9.21 Å². The summed E-state index contributed by atoms with van der Waals surface area (Å²) in [4.78, 5) is 11.5. The van der Waals surface area contributed by atoms with Crippen molar-refractivity contribution in [1.82, 2.24) is 10.6 Å². The minimum absolute atomic E-state index is 0. The van der Waals surface area contributed by atoms with Gasteiger partial charge in [0.1, 0.15) is 0 Å². The van der Waals surface area contributed by atoms with Gasteiger partial charge in [-0.15, -0.1) is 12.4 Å². The van der Waals surface area contributed by atoms with Crippen molar-refractivity contribution in [3.63, 3.8) is 0 Å². The van der Waals surface area contributed by atoms with Crippen LogP contribution in [0, 0.1) is 0 Å². The lowest BCUT2D eigenvalue weighted by atomic mass is 10.2. The molecule has 0 aromatic carbocycles. The average molecular weight is 245 g/mol. The summed E-state index contributed by atoms with van der Waals surface area (Å²) in [6.07, 6.45) is 3.95. The number of halogens is 1. The van der Waals surface area contributed by atoms with Crippen LogP contribution in [0.25, 0.3) is 0 Å². The molecule has 0 spiro atoms. The molecule has 2 rings (SSSR count). The lowest BCUT2D eigenvalue weighted by Gasteiger charge is -2.09. The molecule has 0 saturated carbocycles. The van der Waals surface area contributed by atoms with Crippen LogP contribution in [0.15, 0.2) is 22.8 Å². The molecular formula is C11H17ClN2O2. The Kier molecular flexibility index (Phi) is 5.52. The second-order valence-electron chi connectivity index (χ2n) is 3.82. The molecule has 1 fully saturated rings. The number of nitrogens with one attached hydrogen (secondary N) is 2. The fourth-order valence-corrected chi connectivity index (χ4v) is 1.82. The molecule has 90 valence electrons. The van der Waals surface area contributed by atoms with Gasteiger partial charge in [0.2, 0.25) is 5.78 Å². The maximum atomic E-state index is 11.5. The molecule has 0 aliphatic carbocycles. The Labute approximate surface area is 101 Å². The molecule has 1 unspecified atom stereocenters. The van der Waals surface area contributed by atoms with Crippen molar-refractivity contribution in [2.24, 2.45) is 0 Å². The highest BCUT2D eigenvalue weighted by molar-refractivity contribution is 5.94. The predicted octanol–water partition coefficient (Wildman–Crippen LogP) is 1.23. The molecule has 2 N–H and O–H groups in total. The number of carbonyl (C=O) groups excluding carboxylic acids is 1. The number of rotatable bonds is 5. The highest BCUT2D eigenvalue weighted by Crippen LogP contribution is 2.03. The van der Waals surface area contributed by atoms with Crippen LogP contribution in [-0.2, 0) is 0 Å². The molecule has 1 saturated heterocycles. The fourth-order valence-electron chi connectivity index (χ4n) is 1.82. The van der Waals surface area contributed by atoms with E-state index in [4.69, 9.17) is 4.42 Å². The van der Waals surface area contributed by atoms with E-state index in [-0.39, 0.29) is 18.2 Å². The van der Waals surface area contributed by atoms with Crippen molar-refractivity contribution in [2.45, 2.75) is 18.9 Å². The van der Waals surface area contributed by atoms with Gasteiger partial charge in [-0.2, -0.15) is 0 Å². The zero-order chi connectivity index (χ0) is 10.5. The third-order valence-electron chi connectivity index (χ3n) is 2.63. The highest BCUT2D eigenvalue weighted by atomic mass is 35.5. The molecule has 0 radical (unpaired) electrons. The lowest BCUT2D eigenvalue weighted by molar-refractivity contribution is 0.0964. The predicted molar refractivity (Wildman–Crippen MR) is 64.2 cm³/mol. The highest BCUT2D eigenvalue weighted by Gasteiger charge is 2.14. The molecule has 0 amide bonds. The molecular weight excluding hydrogens is 228 g/mol. The Morgan fingerprint density at radius 1 is 1.62 bits per heavy atom. The first-order valence-corrected chi connectivity index (χ1v) is 5.37. The van der Waals surface area contributed by atoms with Crippen LogP contribution in [0.3, 0.4) is 0 Å². The largest absolute Gasteiger partial charge is 0.461 e. The third kappa shape index (κ3) is 3.63. The summed E-state index contributed by atoms with van der Waals surface area (Å²) in [5.41, 5.74) is 0. The van der Waals surface area contributed by atoms with E-state index in [1.165, 1.54) is 19.1 Å². The number of hydrogen-bond acceptors (Lipinski definition) is 4. The first kappa shape index (κ1) is 13.2. The van der Waals surface area contributed by atoms with E-state index in [9.17, 15) is 4.79 Å². The summed E-state index contributed by atoms with van der Waals surface area (Å²) in [6.45, 7) is 2.30. The van der Waals surface area contributed by atoms with Crippen molar-refractivity contribution >= 4 is 18.2 Å². The first-order chi connectivity index (χ1) is 7.36. The smallest absolute Gasteiger partial charge is 0.211 e. The summed E-state index contributed by atoms with van der Waals surface area (Å²) >= 11 is 0. The van der Waals surface area contributed by atoms with E-state index >= 15 is 0 Å². The Hall–Kier alpha value is -0.840. The molecule has 2 heterocycles. The Bertz CT molecular complexity index is 308. The van der Waals surface area contributed by atoms with Crippen LogP contribution in [0.2, 0.25) is 0 Å². The second kappa shape index (κ2) is 6.68. The van der Waals surface area contributed by atoms with Crippen LogP contribution in [0.1, 0.15) is 23.4 Å². The van der Waals surface area contributed by atoms with Gasteiger partial charge in [-0.05, 0) is 31.5 Å². The van der Waals surface area contributed by atoms with Crippen LogP contribution >= 0.6 is 12.4 Å². The Balaban J connectivity index is 0.00000128. The van der Waals surface area contributed by atoms with Gasteiger partial charge in [-0.25, -0.2) is 0 Å².